The third-order valence-electron chi connectivity index (χ3n) is 0.580. The number of halogens is 1. The predicted octanol–water partition coefficient (Wildman–Crippen LogP) is 1.34. The van der Waals surface area contributed by atoms with Crippen molar-refractivity contribution in [1.82, 2.24) is 0 Å². The van der Waals surface area contributed by atoms with Crippen LogP contribution in [0.3, 0.4) is 0 Å². The molecular weight excluding hydrogens is 181 g/mol. The second kappa shape index (κ2) is 3.60. The van der Waals surface area contributed by atoms with E-state index in [9.17, 15) is 0 Å². The molecule has 0 fully saturated rings. The van der Waals surface area contributed by atoms with E-state index in [1.54, 1.807) is 0 Å². The zero-order chi connectivity index (χ0) is 4.41. The van der Waals surface area contributed by atoms with E-state index >= 15 is 0 Å². The minimum atomic E-state index is 0. The van der Waals surface area contributed by atoms with Gasteiger partial charge in [-0.15, -0.1) is 12.4 Å². The van der Waals surface area contributed by atoms with Gasteiger partial charge in [0.2, 0.25) is 0 Å². The molecule has 1 aromatic rings. The van der Waals surface area contributed by atoms with Crippen molar-refractivity contribution in [2.75, 3.05) is 0 Å². The molecule has 0 bridgehead atoms. The fourth-order valence-electron chi connectivity index (χ4n) is 0.313. The van der Waals surface area contributed by atoms with Crippen LogP contribution in [0.5, 0.6) is 0 Å². The van der Waals surface area contributed by atoms with E-state index < -0.39 is 0 Å². The zero-order valence-corrected chi connectivity index (χ0v) is 8.36. The van der Waals surface area contributed by atoms with Crippen molar-refractivity contribution in [3.8, 4) is 0 Å². The first-order chi connectivity index (χ1) is 2.89. The van der Waals surface area contributed by atoms with Gasteiger partial charge >= 0.3 is 50.6 Å². The fraction of sp³-hybridized carbons (Fsp3) is 0. The summed E-state index contributed by atoms with van der Waals surface area (Å²) in [6.45, 7) is 0. The molecule has 35 valence electrons. The van der Waals surface area contributed by atoms with Gasteiger partial charge in [0.1, 0.15) is 0 Å². The molecule has 0 spiro atoms. The molecule has 1 aromatic heterocycles. The molecule has 0 aliphatic carbocycles. The molecule has 0 nitrogen and oxygen atoms in total. The zero-order valence-electron chi connectivity index (χ0n) is 3.76. The topological polar surface area (TPSA) is 0 Å². The van der Waals surface area contributed by atoms with Crippen molar-refractivity contribution < 1.29 is 18.3 Å². The maximum atomic E-state index is 2.16. The molecular formula is C4H4ClSZn. The van der Waals surface area contributed by atoms with Crippen LogP contribution in [0.15, 0.2) is 17.5 Å². The summed E-state index contributed by atoms with van der Waals surface area (Å²) >= 11 is 3.14. The van der Waals surface area contributed by atoms with Crippen molar-refractivity contribution >= 4 is 27.2 Å². The van der Waals surface area contributed by atoms with Gasteiger partial charge in [0, 0.05) is 0 Å². The number of hydrogen-bond acceptors (Lipinski definition) is 1. The monoisotopic (exact) mass is 183 g/mol. The molecule has 0 radical (unpaired) electrons. The summed E-state index contributed by atoms with van der Waals surface area (Å²) in [6, 6.07) is 4.24. The first kappa shape index (κ1) is 7.61. The summed E-state index contributed by atoms with van der Waals surface area (Å²) in [5.41, 5.74) is 0. The maximum absolute atomic E-state index is 2.16. The second-order valence-electron chi connectivity index (χ2n) is 1.08. The molecule has 0 N–H and O–H groups in total. The number of hydrogen-bond donors (Lipinski definition) is 0. The van der Waals surface area contributed by atoms with Gasteiger partial charge in [-0.05, 0) is 0 Å². The van der Waals surface area contributed by atoms with Gasteiger partial charge in [-0.1, -0.05) is 0 Å². The molecule has 3 heteroatoms. The Hall–Kier alpha value is 0.613. The number of thiophene rings is 1. The Kier molecular flexibility index (Phi) is 3.91. The van der Waals surface area contributed by atoms with Crippen molar-refractivity contribution in [3.05, 3.63) is 17.5 Å². The van der Waals surface area contributed by atoms with Gasteiger partial charge in [-0.2, -0.15) is 0 Å². The Morgan fingerprint density at radius 3 is 2.43 bits per heavy atom. The average molecular weight is 185 g/mol. The first-order valence-electron chi connectivity index (χ1n) is 1.75. The van der Waals surface area contributed by atoms with Crippen LogP contribution in [0.4, 0.5) is 0 Å². The normalized spacial score (nSPS) is 7.71. The van der Waals surface area contributed by atoms with Crippen LogP contribution in [-0.2, 0) is 18.3 Å². The van der Waals surface area contributed by atoms with Crippen LogP contribution in [0.2, 0.25) is 0 Å². The van der Waals surface area contributed by atoms with Crippen molar-refractivity contribution in [3.63, 3.8) is 0 Å². The summed E-state index contributed by atoms with van der Waals surface area (Å²) in [6.07, 6.45) is 0. The standard InChI is InChI=1S/C4H3S.ClH.Zn/c1-2-4-5-3-1;;/h1-3H;1H;. The molecule has 0 saturated carbocycles. The molecule has 0 aliphatic rings. The first-order valence-corrected chi connectivity index (χ1v) is 4.11. The summed E-state index contributed by atoms with van der Waals surface area (Å²) < 4.78 is 1.51. The van der Waals surface area contributed by atoms with Gasteiger partial charge in [0.25, 0.3) is 0 Å². The Morgan fingerprint density at radius 2 is 2.29 bits per heavy atom. The van der Waals surface area contributed by atoms with E-state index in [4.69, 9.17) is 0 Å². The fourth-order valence-corrected chi connectivity index (χ4v) is 1.69. The van der Waals surface area contributed by atoms with E-state index in [1.165, 1.54) is 21.8 Å². The molecule has 0 aliphatic heterocycles. The Balaban J connectivity index is 0.000000360. The molecule has 1 heterocycles. The Labute approximate surface area is 63.0 Å². The Morgan fingerprint density at radius 1 is 1.57 bits per heavy atom. The molecule has 0 atom stereocenters. The average Bonchev–Trinajstić information content (AvgIpc) is 1.86. The van der Waals surface area contributed by atoms with Gasteiger partial charge in [0.05, 0.1) is 0 Å². The van der Waals surface area contributed by atoms with Crippen LogP contribution in [0, 0.1) is 0 Å². The van der Waals surface area contributed by atoms with Crippen LogP contribution in [0.1, 0.15) is 0 Å². The summed E-state index contributed by atoms with van der Waals surface area (Å²) in [5, 5.41) is 2.11. The van der Waals surface area contributed by atoms with E-state index in [0.29, 0.717) is 0 Å². The summed E-state index contributed by atoms with van der Waals surface area (Å²) in [5.74, 6) is 0. The second-order valence-corrected chi connectivity index (χ2v) is 4.79. The van der Waals surface area contributed by atoms with Gasteiger partial charge in [0.15, 0.2) is 0 Å². The van der Waals surface area contributed by atoms with Crippen molar-refractivity contribution in [2.45, 2.75) is 0 Å². The van der Waals surface area contributed by atoms with E-state index in [2.05, 4.69) is 17.5 Å². The minimum absolute atomic E-state index is 0. The van der Waals surface area contributed by atoms with Crippen molar-refractivity contribution in [2.24, 2.45) is 0 Å². The quantitative estimate of drug-likeness (QED) is 0.535. The van der Waals surface area contributed by atoms with Crippen molar-refractivity contribution in [1.29, 1.82) is 0 Å². The van der Waals surface area contributed by atoms with Crippen LogP contribution in [-0.4, -0.2) is 0 Å². The third kappa shape index (κ3) is 2.43. The number of rotatable bonds is 0. The third-order valence-corrected chi connectivity index (χ3v) is 2.86. The summed E-state index contributed by atoms with van der Waals surface area (Å²) in [7, 11) is 0. The van der Waals surface area contributed by atoms with E-state index in [-0.39, 0.29) is 12.4 Å². The van der Waals surface area contributed by atoms with Gasteiger partial charge < -0.3 is 0 Å². The van der Waals surface area contributed by atoms with Gasteiger partial charge in [-0.25, -0.2) is 0 Å². The molecule has 1 rings (SSSR count). The van der Waals surface area contributed by atoms with Crippen LogP contribution < -0.4 is 3.47 Å². The molecule has 7 heavy (non-hydrogen) atoms. The van der Waals surface area contributed by atoms with E-state index in [0.717, 1.165) is 0 Å². The SMILES string of the molecule is Cl.[Zn][c]1cccs1. The Bertz CT molecular complexity index is 115. The van der Waals surface area contributed by atoms with Crippen LogP contribution >= 0.6 is 23.7 Å². The summed E-state index contributed by atoms with van der Waals surface area (Å²) in [4.78, 5) is 0. The molecule has 0 aromatic carbocycles. The molecule has 0 saturated heterocycles. The molecule has 0 amide bonds. The molecule has 0 unspecified atom stereocenters. The van der Waals surface area contributed by atoms with Gasteiger partial charge in [-0.3, -0.25) is 0 Å². The predicted molar refractivity (Wildman–Crippen MR) is 31.2 cm³/mol. The van der Waals surface area contributed by atoms with E-state index in [1.807, 2.05) is 11.3 Å². The van der Waals surface area contributed by atoms with Crippen LogP contribution in [0.25, 0.3) is 0 Å².